The van der Waals surface area contributed by atoms with Gasteiger partial charge in [0.25, 0.3) is 11.1 Å². The molecule has 0 spiro atoms. The lowest BCUT2D eigenvalue weighted by molar-refractivity contribution is -0.386. The van der Waals surface area contributed by atoms with Crippen LogP contribution in [-0.2, 0) is 14.3 Å². The summed E-state index contributed by atoms with van der Waals surface area (Å²) < 4.78 is 4.77. The summed E-state index contributed by atoms with van der Waals surface area (Å²) in [6, 6.07) is 2.43. The molecule has 0 radical (unpaired) electrons. The van der Waals surface area contributed by atoms with E-state index in [0.717, 1.165) is 11.0 Å². The van der Waals surface area contributed by atoms with Crippen LogP contribution >= 0.6 is 27.7 Å². The highest BCUT2D eigenvalue weighted by Gasteiger charge is 2.36. The Bertz CT molecular complexity index is 809. The molecule has 0 saturated carbocycles. The number of halogens is 1. The Hall–Kier alpha value is -2.40. The minimum absolute atomic E-state index is 0.00110. The Morgan fingerprint density at radius 2 is 2.16 bits per heavy atom. The van der Waals surface area contributed by atoms with E-state index in [0.29, 0.717) is 11.8 Å². The number of nitrogens with zero attached hydrogens (tertiary/aromatic N) is 2. The quantitative estimate of drug-likeness (QED) is 0.326. The first kappa shape index (κ1) is 18.9. The molecule has 0 atom stereocenters. The molecule has 25 heavy (non-hydrogen) atoms. The maximum atomic E-state index is 12.2. The first-order valence-corrected chi connectivity index (χ1v) is 8.43. The number of imide groups is 1. The smallest absolute Gasteiger partial charge is 0.326 e. The third-order valence-corrected chi connectivity index (χ3v) is 4.54. The van der Waals surface area contributed by atoms with E-state index in [1.807, 2.05) is 0 Å². The van der Waals surface area contributed by atoms with Crippen molar-refractivity contribution < 1.29 is 29.2 Å². The van der Waals surface area contributed by atoms with Gasteiger partial charge in [0.2, 0.25) is 5.75 Å². The van der Waals surface area contributed by atoms with Crippen molar-refractivity contribution in [3.05, 3.63) is 37.2 Å². The van der Waals surface area contributed by atoms with Gasteiger partial charge in [-0.05, 0) is 52.3 Å². The predicted molar refractivity (Wildman–Crippen MR) is 91.8 cm³/mol. The topological polar surface area (TPSA) is 127 Å². The van der Waals surface area contributed by atoms with Gasteiger partial charge in [0.1, 0.15) is 6.54 Å². The van der Waals surface area contributed by atoms with Crippen LogP contribution in [0.5, 0.6) is 5.75 Å². The number of phenols is 1. The van der Waals surface area contributed by atoms with Crippen LogP contribution in [-0.4, -0.2) is 45.2 Å². The number of hydrogen-bond acceptors (Lipinski definition) is 8. The molecule has 11 heteroatoms. The zero-order valence-corrected chi connectivity index (χ0v) is 15.1. The summed E-state index contributed by atoms with van der Waals surface area (Å²) in [6.07, 6.45) is 1.27. The number of phenolic OH excluding ortho intramolecular Hbond substituents is 1. The van der Waals surface area contributed by atoms with Gasteiger partial charge in [0.15, 0.2) is 0 Å². The number of nitro groups is 1. The van der Waals surface area contributed by atoms with Crippen molar-refractivity contribution in [1.82, 2.24) is 4.90 Å². The molecule has 2 amide bonds. The number of rotatable bonds is 5. The summed E-state index contributed by atoms with van der Waals surface area (Å²) in [6.45, 7) is 1.21. The first-order valence-electron chi connectivity index (χ1n) is 6.82. The Morgan fingerprint density at radius 1 is 1.48 bits per heavy atom. The normalized spacial score (nSPS) is 15.8. The van der Waals surface area contributed by atoms with E-state index in [1.54, 1.807) is 6.92 Å². The zero-order valence-electron chi connectivity index (χ0n) is 12.7. The highest BCUT2D eigenvalue weighted by molar-refractivity contribution is 9.10. The fourth-order valence-electron chi connectivity index (χ4n) is 1.95. The molecule has 1 fully saturated rings. The van der Waals surface area contributed by atoms with Crippen LogP contribution in [0.4, 0.5) is 10.5 Å². The largest absolute Gasteiger partial charge is 0.501 e. The lowest BCUT2D eigenvalue weighted by atomic mass is 10.1. The van der Waals surface area contributed by atoms with Gasteiger partial charge in [-0.2, -0.15) is 0 Å². The van der Waals surface area contributed by atoms with Gasteiger partial charge in [-0.1, -0.05) is 0 Å². The Labute approximate surface area is 153 Å². The first-order chi connectivity index (χ1) is 11.7. The maximum Gasteiger partial charge on any atom is 0.326 e. The fourth-order valence-corrected chi connectivity index (χ4v) is 3.26. The highest BCUT2D eigenvalue weighted by atomic mass is 79.9. The van der Waals surface area contributed by atoms with E-state index in [1.165, 1.54) is 12.1 Å². The summed E-state index contributed by atoms with van der Waals surface area (Å²) in [5.41, 5.74) is -0.315. The van der Waals surface area contributed by atoms with E-state index in [4.69, 9.17) is 4.74 Å². The minimum atomic E-state index is -0.774. The van der Waals surface area contributed by atoms with Gasteiger partial charge in [-0.3, -0.25) is 29.4 Å². The van der Waals surface area contributed by atoms with Crippen LogP contribution in [0.25, 0.3) is 6.08 Å². The van der Waals surface area contributed by atoms with E-state index in [9.17, 15) is 29.6 Å². The summed E-state index contributed by atoms with van der Waals surface area (Å²) in [5.74, 6) is -1.96. The standard InChI is InChI=1S/C14H11BrN2O7S/c1-2-24-11(18)6-16-13(20)10(25-14(16)21)5-7-3-8(15)12(19)9(4-7)17(22)23/h3-5,19H,2,6H2,1H3/b10-5-. The van der Waals surface area contributed by atoms with Crippen LogP contribution < -0.4 is 0 Å². The van der Waals surface area contributed by atoms with E-state index in [-0.39, 0.29) is 21.5 Å². The van der Waals surface area contributed by atoms with Crippen LogP contribution in [0.3, 0.4) is 0 Å². The number of aromatic hydroxyl groups is 1. The fraction of sp³-hybridized carbons (Fsp3) is 0.214. The number of carbonyl (C=O) groups excluding carboxylic acids is 3. The molecule has 0 aromatic heterocycles. The van der Waals surface area contributed by atoms with Crippen LogP contribution in [0, 0.1) is 10.1 Å². The van der Waals surface area contributed by atoms with Gasteiger partial charge < -0.3 is 9.84 Å². The van der Waals surface area contributed by atoms with Gasteiger partial charge in [0, 0.05) is 6.07 Å². The Morgan fingerprint density at radius 3 is 2.76 bits per heavy atom. The second-order valence-electron chi connectivity index (χ2n) is 4.70. The molecular weight excluding hydrogens is 420 g/mol. The summed E-state index contributed by atoms with van der Waals surface area (Å²) >= 11 is 3.59. The molecule has 1 aromatic rings. The molecule has 2 rings (SSSR count). The van der Waals surface area contributed by atoms with E-state index < -0.39 is 40.0 Å². The van der Waals surface area contributed by atoms with Crippen molar-refractivity contribution >= 4 is 56.6 Å². The molecule has 0 aliphatic carbocycles. The SMILES string of the molecule is CCOC(=O)CN1C(=O)S/C(=C\c2cc(Br)c(O)c([N+](=O)[O-])c2)C1=O. The van der Waals surface area contributed by atoms with Crippen molar-refractivity contribution in [3.63, 3.8) is 0 Å². The predicted octanol–water partition coefficient (Wildman–Crippen LogP) is 2.66. The number of hydrogen-bond donors (Lipinski definition) is 1. The highest BCUT2D eigenvalue weighted by Crippen LogP contribution is 2.37. The van der Waals surface area contributed by atoms with E-state index in [2.05, 4.69) is 15.9 Å². The monoisotopic (exact) mass is 430 g/mol. The van der Waals surface area contributed by atoms with Gasteiger partial charge >= 0.3 is 11.7 Å². The summed E-state index contributed by atoms with van der Waals surface area (Å²) in [7, 11) is 0. The number of nitro benzene ring substituents is 1. The minimum Gasteiger partial charge on any atom is -0.501 e. The van der Waals surface area contributed by atoms with Crippen LogP contribution in [0.15, 0.2) is 21.5 Å². The zero-order chi connectivity index (χ0) is 18.7. The van der Waals surface area contributed by atoms with Gasteiger partial charge in [0.05, 0.1) is 20.9 Å². The molecule has 1 heterocycles. The lowest BCUT2D eigenvalue weighted by Crippen LogP contribution is -2.34. The van der Waals surface area contributed by atoms with Crippen molar-refractivity contribution in [2.75, 3.05) is 13.2 Å². The molecule has 1 aromatic carbocycles. The Kier molecular flexibility index (Phi) is 5.80. The molecule has 1 aliphatic heterocycles. The van der Waals surface area contributed by atoms with Crippen LogP contribution in [0.1, 0.15) is 12.5 Å². The maximum absolute atomic E-state index is 12.2. The lowest BCUT2D eigenvalue weighted by Gasteiger charge is -2.10. The van der Waals surface area contributed by atoms with Crippen LogP contribution in [0.2, 0.25) is 0 Å². The third kappa shape index (κ3) is 4.17. The van der Waals surface area contributed by atoms with Gasteiger partial charge in [-0.25, -0.2) is 0 Å². The number of thioether (sulfide) groups is 1. The number of amides is 2. The number of esters is 1. The van der Waals surface area contributed by atoms with Crippen molar-refractivity contribution in [2.24, 2.45) is 0 Å². The number of benzene rings is 1. The molecule has 1 aliphatic rings. The van der Waals surface area contributed by atoms with Gasteiger partial charge in [-0.15, -0.1) is 0 Å². The Balaban J connectivity index is 2.30. The second-order valence-corrected chi connectivity index (χ2v) is 6.55. The van der Waals surface area contributed by atoms with Crippen molar-refractivity contribution in [2.45, 2.75) is 6.92 Å². The molecule has 1 saturated heterocycles. The number of ether oxygens (including phenoxy) is 1. The summed E-state index contributed by atoms with van der Waals surface area (Å²) in [5, 5.41) is 19.9. The molecule has 1 N–H and O–H groups in total. The molecule has 0 unspecified atom stereocenters. The molecule has 0 bridgehead atoms. The molecule has 9 nitrogen and oxygen atoms in total. The second kappa shape index (κ2) is 7.66. The average Bonchev–Trinajstić information content (AvgIpc) is 2.78. The molecular formula is C14H11BrN2O7S. The summed E-state index contributed by atoms with van der Waals surface area (Å²) in [4.78, 5) is 46.5. The average molecular weight is 431 g/mol. The van der Waals surface area contributed by atoms with Crippen molar-refractivity contribution in [3.8, 4) is 5.75 Å². The third-order valence-electron chi connectivity index (χ3n) is 3.03. The van der Waals surface area contributed by atoms with E-state index >= 15 is 0 Å². The van der Waals surface area contributed by atoms with Crippen molar-refractivity contribution in [1.29, 1.82) is 0 Å². The number of carbonyl (C=O) groups is 3. The molecule has 132 valence electrons.